The van der Waals surface area contributed by atoms with Gasteiger partial charge in [0, 0.05) is 13.1 Å². The third kappa shape index (κ3) is 7.07. The van der Waals surface area contributed by atoms with Crippen LogP contribution in [0.5, 0.6) is 0 Å². The molecule has 0 aliphatic heterocycles. The van der Waals surface area contributed by atoms with Gasteiger partial charge in [-0.1, -0.05) is 26.2 Å². The van der Waals surface area contributed by atoms with Crippen LogP contribution in [0.15, 0.2) is 0 Å². The van der Waals surface area contributed by atoms with Crippen molar-refractivity contribution in [3.63, 3.8) is 0 Å². The number of nitrogens with one attached hydrogen (secondary N) is 2. The highest BCUT2D eigenvalue weighted by atomic mass is 32.2. The second kappa shape index (κ2) is 9.18. The minimum absolute atomic E-state index is 0.149. The summed E-state index contributed by atoms with van der Waals surface area (Å²) in [6.45, 7) is 3.21. The number of thioether (sulfide) groups is 1. The van der Waals surface area contributed by atoms with Crippen LogP contribution in [0.1, 0.15) is 45.4 Å². The Labute approximate surface area is 131 Å². The van der Waals surface area contributed by atoms with Crippen LogP contribution < -0.4 is 10.6 Å². The minimum Gasteiger partial charge on any atom is -0.481 e. The van der Waals surface area contributed by atoms with Crippen molar-refractivity contribution in [2.75, 3.05) is 25.1 Å². The summed E-state index contributed by atoms with van der Waals surface area (Å²) in [5, 5.41) is 14.8. The van der Waals surface area contributed by atoms with Gasteiger partial charge in [-0.3, -0.25) is 4.79 Å². The highest BCUT2D eigenvalue weighted by molar-refractivity contribution is 7.98. The second-order valence-corrected chi connectivity index (χ2v) is 7.17. The van der Waals surface area contributed by atoms with Crippen LogP contribution in [-0.2, 0) is 4.79 Å². The van der Waals surface area contributed by atoms with E-state index in [-0.39, 0.29) is 17.9 Å². The topological polar surface area (TPSA) is 78.4 Å². The molecule has 1 aliphatic carbocycles. The van der Waals surface area contributed by atoms with Crippen LogP contribution in [0.2, 0.25) is 0 Å². The smallest absolute Gasteiger partial charge is 0.314 e. The lowest BCUT2D eigenvalue weighted by Gasteiger charge is -2.36. The van der Waals surface area contributed by atoms with Crippen LogP contribution in [0.4, 0.5) is 4.79 Å². The number of carbonyl (C=O) groups excluding carboxylic acids is 1. The van der Waals surface area contributed by atoms with Gasteiger partial charge in [-0.15, -0.1) is 0 Å². The standard InChI is InChI=1S/C15H28N2O3S/c1-12(10-21-2)9-16-14(20)17-11-15(8-13(18)19)6-4-3-5-7-15/h12H,3-11H2,1-2H3,(H,18,19)(H2,16,17,20). The third-order valence-corrected chi connectivity index (χ3v) is 5.03. The van der Waals surface area contributed by atoms with E-state index in [2.05, 4.69) is 23.8 Å². The first-order chi connectivity index (χ1) is 9.97. The molecule has 0 heterocycles. The molecular formula is C15H28N2O3S. The lowest BCUT2D eigenvalue weighted by molar-refractivity contribution is -0.140. The van der Waals surface area contributed by atoms with Crippen molar-refractivity contribution in [1.82, 2.24) is 10.6 Å². The summed E-state index contributed by atoms with van der Waals surface area (Å²) >= 11 is 1.77. The third-order valence-electron chi connectivity index (χ3n) is 4.13. The lowest BCUT2D eigenvalue weighted by Crippen LogP contribution is -2.45. The molecule has 0 bridgehead atoms. The largest absolute Gasteiger partial charge is 0.481 e. The zero-order valence-electron chi connectivity index (χ0n) is 13.1. The van der Waals surface area contributed by atoms with Gasteiger partial charge >= 0.3 is 12.0 Å². The average Bonchev–Trinajstić information content (AvgIpc) is 2.43. The van der Waals surface area contributed by atoms with E-state index in [9.17, 15) is 9.59 Å². The van der Waals surface area contributed by atoms with E-state index in [4.69, 9.17) is 5.11 Å². The predicted octanol–water partition coefficient (Wildman–Crippen LogP) is 2.71. The van der Waals surface area contributed by atoms with Crippen LogP contribution in [-0.4, -0.2) is 42.2 Å². The molecule has 0 aromatic rings. The fourth-order valence-electron chi connectivity index (χ4n) is 2.98. The highest BCUT2D eigenvalue weighted by Gasteiger charge is 2.34. The molecule has 5 nitrogen and oxygen atoms in total. The van der Waals surface area contributed by atoms with E-state index in [1.54, 1.807) is 11.8 Å². The van der Waals surface area contributed by atoms with Crippen LogP contribution in [0, 0.1) is 11.3 Å². The Morgan fingerprint density at radius 3 is 2.48 bits per heavy atom. The molecule has 3 N–H and O–H groups in total. The number of carboxylic acid groups (broad SMARTS) is 1. The van der Waals surface area contributed by atoms with E-state index in [1.165, 1.54) is 6.42 Å². The molecule has 0 saturated heterocycles. The Morgan fingerprint density at radius 2 is 1.90 bits per heavy atom. The number of amides is 2. The molecule has 122 valence electrons. The summed E-state index contributed by atoms with van der Waals surface area (Å²) in [4.78, 5) is 22.9. The molecule has 1 atom stereocenters. The fraction of sp³-hybridized carbons (Fsp3) is 0.867. The molecule has 1 unspecified atom stereocenters. The molecule has 1 fully saturated rings. The average molecular weight is 316 g/mol. The minimum atomic E-state index is -0.771. The Hall–Kier alpha value is -0.910. The summed E-state index contributed by atoms with van der Waals surface area (Å²) in [6, 6.07) is -0.182. The van der Waals surface area contributed by atoms with Gasteiger partial charge in [0.1, 0.15) is 0 Å². The predicted molar refractivity (Wildman–Crippen MR) is 86.7 cm³/mol. The number of aliphatic carboxylic acids is 1. The van der Waals surface area contributed by atoms with E-state index < -0.39 is 5.97 Å². The molecule has 21 heavy (non-hydrogen) atoms. The summed E-state index contributed by atoms with van der Waals surface area (Å²) in [5.41, 5.74) is -0.258. The zero-order valence-corrected chi connectivity index (χ0v) is 13.9. The van der Waals surface area contributed by atoms with Gasteiger partial charge in [-0.2, -0.15) is 11.8 Å². The summed E-state index contributed by atoms with van der Waals surface area (Å²) in [5.74, 6) is 0.685. The van der Waals surface area contributed by atoms with Gasteiger partial charge in [-0.25, -0.2) is 4.79 Å². The summed E-state index contributed by atoms with van der Waals surface area (Å²) in [7, 11) is 0. The van der Waals surface area contributed by atoms with Gasteiger partial charge in [0.2, 0.25) is 0 Å². The number of urea groups is 1. The number of carbonyl (C=O) groups is 2. The monoisotopic (exact) mass is 316 g/mol. The Kier molecular flexibility index (Phi) is 7.93. The molecule has 1 aliphatic rings. The van der Waals surface area contributed by atoms with E-state index in [0.29, 0.717) is 19.0 Å². The molecule has 1 rings (SSSR count). The molecule has 6 heteroatoms. The van der Waals surface area contributed by atoms with Crippen molar-refractivity contribution in [2.24, 2.45) is 11.3 Å². The normalized spacial score (nSPS) is 18.8. The van der Waals surface area contributed by atoms with E-state index >= 15 is 0 Å². The second-order valence-electron chi connectivity index (χ2n) is 6.26. The van der Waals surface area contributed by atoms with Gasteiger partial charge in [0.15, 0.2) is 0 Å². The van der Waals surface area contributed by atoms with Gasteiger partial charge < -0.3 is 15.7 Å². The number of hydrogen-bond donors (Lipinski definition) is 3. The van der Waals surface area contributed by atoms with E-state index in [1.807, 2.05) is 0 Å². The summed E-state index contributed by atoms with van der Waals surface area (Å²) < 4.78 is 0. The first-order valence-corrected chi connectivity index (χ1v) is 9.09. The molecule has 0 radical (unpaired) electrons. The first kappa shape index (κ1) is 18.1. The van der Waals surface area contributed by atoms with E-state index in [0.717, 1.165) is 31.4 Å². The molecular weight excluding hydrogens is 288 g/mol. The quantitative estimate of drug-likeness (QED) is 0.643. The van der Waals surface area contributed by atoms with Crippen molar-refractivity contribution >= 4 is 23.8 Å². The van der Waals surface area contributed by atoms with Crippen LogP contribution >= 0.6 is 11.8 Å². The fourth-order valence-corrected chi connectivity index (χ4v) is 3.67. The zero-order chi connectivity index (χ0) is 15.7. The van der Waals surface area contributed by atoms with Crippen molar-refractivity contribution in [1.29, 1.82) is 0 Å². The highest BCUT2D eigenvalue weighted by Crippen LogP contribution is 2.38. The van der Waals surface area contributed by atoms with Crippen molar-refractivity contribution < 1.29 is 14.7 Å². The first-order valence-electron chi connectivity index (χ1n) is 7.70. The molecule has 1 saturated carbocycles. The molecule has 2 amide bonds. The van der Waals surface area contributed by atoms with Crippen LogP contribution in [0.3, 0.4) is 0 Å². The Bertz CT molecular complexity index is 344. The lowest BCUT2D eigenvalue weighted by atomic mass is 9.72. The SMILES string of the molecule is CSCC(C)CNC(=O)NCC1(CC(=O)O)CCCCC1. The van der Waals surface area contributed by atoms with Crippen molar-refractivity contribution in [3.8, 4) is 0 Å². The Morgan fingerprint density at radius 1 is 1.24 bits per heavy atom. The summed E-state index contributed by atoms with van der Waals surface area (Å²) in [6.07, 6.45) is 7.26. The van der Waals surface area contributed by atoms with Crippen molar-refractivity contribution in [3.05, 3.63) is 0 Å². The molecule has 0 aromatic heterocycles. The maximum atomic E-state index is 11.8. The number of carboxylic acids is 1. The number of rotatable bonds is 8. The number of hydrogen-bond acceptors (Lipinski definition) is 3. The van der Waals surface area contributed by atoms with Gasteiger partial charge in [0.05, 0.1) is 6.42 Å². The van der Waals surface area contributed by atoms with Crippen LogP contribution in [0.25, 0.3) is 0 Å². The van der Waals surface area contributed by atoms with Gasteiger partial charge in [0.25, 0.3) is 0 Å². The maximum absolute atomic E-state index is 11.8. The maximum Gasteiger partial charge on any atom is 0.314 e. The van der Waals surface area contributed by atoms with Crippen molar-refractivity contribution in [2.45, 2.75) is 45.4 Å². The van der Waals surface area contributed by atoms with Gasteiger partial charge in [-0.05, 0) is 36.2 Å². The molecule has 0 aromatic carbocycles. The Balaban J connectivity index is 2.38. The molecule has 0 spiro atoms.